The summed E-state index contributed by atoms with van der Waals surface area (Å²) in [7, 11) is 0. The molecule has 0 radical (unpaired) electrons. The van der Waals surface area contributed by atoms with E-state index in [4.69, 9.17) is 9.47 Å². The predicted molar refractivity (Wildman–Crippen MR) is 208 cm³/mol. The Hall–Kier alpha value is -4.50. The van der Waals surface area contributed by atoms with Crippen LogP contribution in [0, 0.1) is 17.6 Å². The van der Waals surface area contributed by atoms with Gasteiger partial charge in [-0.15, -0.1) is 0 Å². The molecular formula is C40H47F2N7O4S. The molecule has 54 heavy (non-hydrogen) atoms. The lowest BCUT2D eigenvalue weighted by atomic mass is 9.93. The summed E-state index contributed by atoms with van der Waals surface area (Å²) < 4.78 is 44.4. The second-order valence-corrected chi connectivity index (χ2v) is 15.2. The molecule has 4 heterocycles. The van der Waals surface area contributed by atoms with E-state index in [1.165, 1.54) is 39.5 Å². The van der Waals surface area contributed by atoms with Crippen LogP contribution in [0.3, 0.4) is 0 Å². The van der Waals surface area contributed by atoms with Crippen LogP contribution in [0.2, 0.25) is 0 Å². The maximum atomic E-state index is 15.2. The van der Waals surface area contributed by atoms with Crippen molar-refractivity contribution in [3.05, 3.63) is 119 Å². The van der Waals surface area contributed by atoms with E-state index in [0.29, 0.717) is 12.2 Å². The molecule has 0 aliphatic carbocycles. The van der Waals surface area contributed by atoms with Crippen LogP contribution < -0.4 is 15.5 Å². The van der Waals surface area contributed by atoms with Gasteiger partial charge in [0.1, 0.15) is 23.6 Å². The highest BCUT2D eigenvalue weighted by molar-refractivity contribution is 7.98. The summed E-state index contributed by atoms with van der Waals surface area (Å²) in [6.45, 7) is 9.43. The molecular weight excluding hydrogens is 713 g/mol. The van der Waals surface area contributed by atoms with Crippen molar-refractivity contribution >= 4 is 29.4 Å². The summed E-state index contributed by atoms with van der Waals surface area (Å²) in [5.74, 6) is -0.408. The van der Waals surface area contributed by atoms with E-state index in [1.807, 2.05) is 49.7 Å². The van der Waals surface area contributed by atoms with Crippen molar-refractivity contribution < 1.29 is 23.4 Å². The molecule has 0 spiro atoms. The molecule has 286 valence electrons. The van der Waals surface area contributed by atoms with Gasteiger partial charge in [-0.25, -0.2) is 22.8 Å². The maximum absolute atomic E-state index is 15.2. The number of nitrogens with zero attached hydrogens (tertiary/aromatic N) is 7. The molecule has 5 atom stereocenters. The van der Waals surface area contributed by atoms with Gasteiger partial charge in [-0.3, -0.25) is 5.01 Å². The molecule has 4 aromatic rings. The number of halogens is 2. The highest BCUT2D eigenvalue weighted by Crippen LogP contribution is 2.41. The minimum absolute atomic E-state index is 0.105. The number of anilines is 2. The molecule has 3 aliphatic rings. The average molecular weight is 760 g/mol. The fourth-order valence-electron chi connectivity index (χ4n) is 7.21. The Morgan fingerprint density at radius 2 is 1.65 bits per heavy atom. The quantitative estimate of drug-likeness (QED) is 0.179. The smallest absolute Gasteiger partial charge is 0.350 e. The third-order valence-electron chi connectivity index (χ3n) is 10.3. The molecule has 2 fully saturated rings. The van der Waals surface area contributed by atoms with Crippen LogP contribution in [-0.2, 0) is 20.8 Å². The van der Waals surface area contributed by atoms with Crippen molar-refractivity contribution in [2.24, 2.45) is 11.0 Å². The third kappa shape index (κ3) is 8.26. The number of aliphatic hydroxyl groups excluding tert-OH is 1. The van der Waals surface area contributed by atoms with Gasteiger partial charge in [-0.05, 0) is 73.7 Å². The first kappa shape index (κ1) is 37.8. The van der Waals surface area contributed by atoms with Crippen LogP contribution in [0.5, 0.6) is 0 Å². The lowest BCUT2D eigenvalue weighted by Gasteiger charge is -2.37. The molecule has 3 aromatic carbocycles. The van der Waals surface area contributed by atoms with Crippen LogP contribution in [0.15, 0.2) is 95.2 Å². The van der Waals surface area contributed by atoms with Gasteiger partial charge in [0.05, 0.1) is 31.0 Å². The zero-order valence-electron chi connectivity index (χ0n) is 30.8. The number of aromatic nitrogens is 3. The zero-order valence-corrected chi connectivity index (χ0v) is 31.6. The highest BCUT2D eigenvalue weighted by Gasteiger charge is 2.46. The van der Waals surface area contributed by atoms with Crippen LogP contribution in [0.25, 0.3) is 5.69 Å². The lowest BCUT2D eigenvalue weighted by Crippen LogP contribution is -2.46. The van der Waals surface area contributed by atoms with Crippen molar-refractivity contribution in [3.63, 3.8) is 0 Å². The van der Waals surface area contributed by atoms with Gasteiger partial charge in [0.15, 0.2) is 0 Å². The number of aliphatic hydroxyl groups is 1. The van der Waals surface area contributed by atoms with E-state index in [1.54, 1.807) is 11.9 Å². The van der Waals surface area contributed by atoms with Crippen molar-refractivity contribution in [1.82, 2.24) is 19.4 Å². The Morgan fingerprint density at radius 3 is 2.30 bits per heavy atom. The molecule has 14 heteroatoms. The summed E-state index contributed by atoms with van der Waals surface area (Å²) in [6, 6.07) is 19.6. The number of allylic oxidation sites excluding steroid dienone is 1. The van der Waals surface area contributed by atoms with Gasteiger partial charge >= 0.3 is 5.69 Å². The topological polar surface area (TPSA) is 101 Å². The van der Waals surface area contributed by atoms with E-state index in [2.05, 4.69) is 51.2 Å². The van der Waals surface area contributed by atoms with Gasteiger partial charge in [0.25, 0.3) is 0 Å². The molecule has 1 aromatic heterocycles. The van der Waals surface area contributed by atoms with Gasteiger partial charge < -0.3 is 24.4 Å². The van der Waals surface area contributed by atoms with Crippen molar-refractivity contribution in [2.75, 3.05) is 49.1 Å². The monoisotopic (exact) mass is 759 g/mol. The molecule has 1 N–H and O–H groups in total. The Morgan fingerprint density at radius 1 is 0.981 bits per heavy atom. The van der Waals surface area contributed by atoms with E-state index < -0.39 is 29.0 Å². The Bertz CT molecular complexity index is 2000. The number of ether oxygens (including phenoxy) is 2. The molecule has 7 rings (SSSR count). The Labute approximate surface area is 318 Å². The van der Waals surface area contributed by atoms with E-state index in [-0.39, 0.29) is 36.4 Å². The number of rotatable bonds is 12. The van der Waals surface area contributed by atoms with Gasteiger partial charge in [-0.2, -0.15) is 10.2 Å². The van der Waals surface area contributed by atoms with Gasteiger partial charge in [-0.1, -0.05) is 49.9 Å². The SMILES string of the molecule is CCC(C(C)O)n1ncn(-c2ccc(N3CCN(c4ccc(CSC5OCC(CN6C=CCC(C)C=N6)(c6ccc(F)cc6F)O5)cc4)CC3)cc2)c1=O. The lowest BCUT2D eigenvalue weighted by molar-refractivity contribution is -0.0474. The largest absolute Gasteiger partial charge is 0.391 e. The molecule has 0 amide bonds. The predicted octanol–water partition coefficient (Wildman–Crippen LogP) is 6.27. The van der Waals surface area contributed by atoms with Crippen LogP contribution in [-0.4, -0.2) is 81.7 Å². The summed E-state index contributed by atoms with van der Waals surface area (Å²) in [5, 5.41) is 20.6. The number of hydrogen-bond acceptors (Lipinski definition) is 10. The minimum atomic E-state index is -1.17. The summed E-state index contributed by atoms with van der Waals surface area (Å²) in [6.07, 6.45) is 8.06. The maximum Gasteiger partial charge on any atom is 0.350 e. The number of benzene rings is 3. The van der Waals surface area contributed by atoms with Crippen molar-refractivity contribution in [3.8, 4) is 5.69 Å². The van der Waals surface area contributed by atoms with E-state index in [9.17, 15) is 14.3 Å². The van der Waals surface area contributed by atoms with Gasteiger partial charge in [0, 0.05) is 67.4 Å². The standard InChI is InChI=1S/C40H47F2N7O4S/c1-4-37(29(3)50)49-38(51)48(27-44-49)34-14-12-33(13-15-34)46-20-18-45(19-21-46)32-10-7-30(8-11-32)24-54-39-52-26-40(53-39,35-16-9-31(41)22-36(35)42)25-47-17-5-6-28(2)23-43-47/h5,7-17,22-23,27-29,37,39,50H,4,6,18-21,24-26H2,1-3H3. The average Bonchev–Trinajstić information content (AvgIpc) is 3.69. The first-order valence-electron chi connectivity index (χ1n) is 18.5. The van der Waals surface area contributed by atoms with E-state index >= 15 is 4.39 Å². The number of thioether (sulfide) groups is 1. The number of hydrazone groups is 1. The second kappa shape index (κ2) is 16.5. The fraction of sp³-hybridized carbons (Fsp3) is 0.425. The van der Waals surface area contributed by atoms with Crippen LogP contribution in [0.4, 0.5) is 20.2 Å². The summed E-state index contributed by atoms with van der Waals surface area (Å²) in [4.78, 5) is 17.7. The first-order chi connectivity index (χ1) is 26.1. The molecule has 0 bridgehead atoms. The number of piperazine rings is 1. The van der Waals surface area contributed by atoms with E-state index in [0.717, 1.165) is 61.3 Å². The Kier molecular flexibility index (Phi) is 11.5. The molecule has 5 unspecified atom stereocenters. The summed E-state index contributed by atoms with van der Waals surface area (Å²) >= 11 is 1.48. The minimum Gasteiger partial charge on any atom is -0.391 e. The first-order valence-corrected chi connectivity index (χ1v) is 19.5. The van der Waals surface area contributed by atoms with Crippen molar-refractivity contribution in [2.45, 2.75) is 62.7 Å². The molecule has 3 aliphatic heterocycles. The van der Waals surface area contributed by atoms with Crippen LogP contribution >= 0.6 is 11.8 Å². The van der Waals surface area contributed by atoms with Crippen LogP contribution in [0.1, 0.15) is 50.8 Å². The highest BCUT2D eigenvalue weighted by atomic mass is 32.2. The molecule has 11 nitrogen and oxygen atoms in total. The molecule has 2 saturated heterocycles. The fourth-order valence-corrected chi connectivity index (χ4v) is 8.15. The number of hydrogen-bond donors (Lipinski definition) is 1. The third-order valence-corrected chi connectivity index (χ3v) is 11.3. The summed E-state index contributed by atoms with van der Waals surface area (Å²) in [5.41, 5.74) is 2.25. The molecule has 0 saturated carbocycles. The normalized spacial score (nSPS) is 22.8. The zero-order chi connectivity index (χ0) is 37.8. The van der Waals surface area contributed by atoms with Crippen molar-refractivity contribution in [1.29, 1.82) is 0 Å². The van der Waals surface area contributed by atoms with Gasteiger partial charge in [0.2, 0.25) is 5.62 Å². The second-order valence-electron chi connectivity index (χ2n) is 14.2. The Balaban J connectivity index is 0.929.